The van der Waals surface area contributed by atoms with Gasteiger partial charge in [-0.2, -0.15) is 0 Å². The first-order valence-electron chi connectivity index (χ1n) is 7.93. The van der Waals surface area contributed by atoms with Gasteiger partial charge in [0.2, 0.25) is 0 Å². The van der Waals surface area contributed by atoms with Crippen LogP contribution in [0.4, 0.5) is 4.39 Å². The zero-order valence-corrected chi connectivity index (χ0v) is 14.4. The minimum absolute atomic E-state index is 0.172. The second-order valence-electron chi connectivity index (χ2n) is 5.61. The van der Waals surface area contributed by atoms with E-state index in [4.69, 9.17) is 0 Å². The van der Waals surface area contributed by atoms with E-state index in [0.717, 1.165) is 5.56 Å². The SMILES string of the molecule is OCc1cnc(SCc2ccccc2F)n1C[C@H](O)c1ccccc1. The van der Waals surface area contributed by atoms with Gasteiger partial charge < -0.3 is 14.8 Å². The van der Waals surface area contributed by atoms with Crippen molar-refractivity contribution in [3.05, 3.63) is 83.4 Å². The summed E-state index contributed by atoms with van der Waals surface area (Å²) in [6, 6.07) is 16.0. The molecule has 0 spiro atoms. The number of aliphatic hydroxyl groups is 2. The summed E-state index contributed by atoms with van der Waals surface area (Å²) >= 11 is 1.38. The van der Waals surface area contributed by atoms with Crippen molar-refractivity contribution < 1.29 is 14.6 Å². The number of hydrogen-bond acceptors (Lipinski definition) is 4. The van der Waals surface area contributed by atoms with Crippen LogP contribution >= 0.6 is 11.8 Å². The maximum Gasteiger partial charge on any atom is 0.168 e. The van der Waals surface area contributed by atoms with E-state index in [1.807, 2.05) is 30.3 Å². The molecule has 1 aromatic heterocycles. The fourth-order valence-corrected chi connectivity index (χ4v) is 3.53. The van der Waals surface area contributed by atoms with Gasteiger partial charge in [-0.05, 0) is 17.2 Å². The average molecular weight is 358 g/mol. The molecule has 1 heterocycles. The van der Waals surface area contributed by atoms with E-state index >= 15 is 0 Å². The largest absolute Gasteiger partial charge is 0.390 e. The molecule has 4 nitrogen and oxygen atoms in total. The molecule has 0 unspecified atom stereocenters. The van der Waals surface area contributed by atoms with E-state index < -0.39 is 6.10 Å². The Morgan fingerprint density at radius 2 is 1.80 bits per heavy atom. The van der Waals surface area contributed by atoms with Gasteiger partial charge in [-0.3, -0.25) is 0 Å². The standard InChI is InChI=1S/C19H19FN2O2S/c20-17-9-5-4-8-15(17)13-25-19-21-10-16(12-23)22(19)11-18(24)14-6-2-1-3-7-14/h1-10,18,23-24H,11-13H2/t18-/m0/s1. The van der Waals surface area contributed by atoms with Crippen molar-refractivity contribution in [3.8, 4) is 0 Å². The summed E-state index contributed by atoms with van der Waals surface area (Å²) in [6.45, 7) is 0.105. The third kappa shape index (κ3) is 4.28. The van der Waals surface area contributed by atoms with Crippen molar-refractivity contribution in [2.75, 3.05) is 0 Å². The van der Waals surface area contributed by atoms with Crippen molar-refractivity contribution in [3.63, 3.8) is 0 Å². The van der Waals surface area contributed by atoms with Gasteiger partial charge in [-0.25, -0.2) is 9.37 Å². The number of hydrogen-bond donors (Lipinski definition) is 2. The summed E-state index contributed by atoms with van der Waals surface area (Å²) < 4.78 is 15.6. The molecule has 0 aliphatic carbocycles. The summed E-state index contributed by atoms with van der Waals surface area (Å²) in [5.41, 5.74) is 2.01. The van der Waals surface area contributed by atoms with Crippen molar-refractivity contribution in [2.24, 2.45) is 0 Å². The van der Waals surface area contributed by atoms with Crippen LogP contribution in [-0.2, 0) is 18.9 Å². The van der Waals surface area contributed by atoms with E-state index in [-0.39, 0.29) is 19.0 Å². The number of halogens is 1. The fourth-order valence-electron chi connectivity index (χ4n) is 2.54. The highest BCUT2D eigenvalue weighted by Gasteiger charge is 2.16. The van der Waals surface area contributed by atoms with Gasteiger partial charge in [0.25, 0.3) is 0 Å². The number of aromatic nitrogens is 2. The number of aliphatic hydroxyl groups excluding tert-OH is 2. The van der Waals surface area contributed by atoms with Crippen molar-refractivity contribution in [2.45, 2.75) is 30.2 Å². The molecule has 2 N–H and O–H groups in total. The van der Waals surface area contributed by atoms with E-state index in [1.165, 1.54) is 17.8 Å². The molecule has 0 bridgehead atoms. The zero-order valence-electron chi connectivity index (χ0n) is 13.5. The van der Waals surface area contributed by atoms with Crippen LogP contribution in [0.3, 0.4) is 0 Å². The van der Waals surface area contributed by atoms with Crippen molar-refractivity contribution in [1.82, 2.24) is 9.55 Å². The lowest BCUT2D eigenvalue weighted by Crippen LogP contribution is -2.12. The molecule has 0 radical (unpaired) electrons. The topological polar surface area (TPSA) is 58.3 Å². The van der Waals surface area contributed by atoms with E-state index in [0.29, 0.717) is 22.2 Å². The molecule has 3 rings (SSSR count). The second-order valence-corrected chi connectivity index (χ2v) is 6.55. The summed E-state index contributed by atoms with van der Waals surface area (Å²) in [6.07, 6.45) is 0.870. The van der Waals surface area contributed by atoms with E-state index in [2.05, 4.69) is 4.98 Å². The zero-order chi connectivity index (χ0) is 17.6. The fraction of sp³-hybridized carbons (Fsp3) is 0.211. The molecular formula is C19H19FN2O2S. The first kappa shape index (κ1) is 17.7. The normalized spacial score (nSPS) is 12.3. The Kier molecular flexibility index (Phi) is 5.86. The minimum atomic E-state index is -0.714. The van der Waals surface area contributed by atoms with Crippen molar-refractivity contribution >= 4 is 11.8 Å². The Morgan fingerprint density at radius 1 is 1.08 bits per heavy atom. The Bertz CT molecular complexity index is 823. The first-order chi connectivity index (χ1) is 12.2. The number of nitrogens with zero attached hydrogens (tertiary/aromatic N) is 2. The average Bonchev–Trinajstić information content (AvgIpc) is 3.03. The lowest BCUT2D eigenvalue weighted by Gasteiger charge is -2.16. The molecular weight excluding hydrogens is 339 g/mol. The predicted molar refractivity (Wildman–Crippen MR) is 95.5 cm³/mol. The number of benzene rings is 2. The maximum atomic E-state index is 13.8. The number of rotatable bonds is 7. The Morgan fingerprint density at radius 3 is 2.52 bits per heavy atom. The molecule has 6 heteroatoms. The Balaban J connectivity index is 1.77. The minimum Gasteiger partial charge on any atom is -0.390 e. The molecule has 0 amide bonds. The van der Waals surface area contributed by atoms with Gasteiger partial charge in [-0.15, -0.1) is 0 Å². The highest BCUT2D eigenvalue weighted by Crippen LogP contribution is 2.26. The third-order valence-electron chi connectivity index (χ3n) is 3.92. The number of thioether (sulfide) groups is 1. The van der Waals surface area contributed by atoms with Gasteiger partial charge in [0.1, 0.15) is 5.82 Å². The predicted octanol–water partition coefficient (Wildman–Crippen LogP) is 3.54. The highest BCUT2D eigenvalue weighted by atomic mass is 32.2. The van der Waals surface area contributed by atoms with E-state index in [1.54, 1.807) is 29.0 Å². The van der Waals surface area contributed by atoms with Gasteiger partial charge in [0.05, 0.1) is 31.1 Å². The van der Waals surface area contributed by atoms with Crippen LogP contribution in [0.5, 0.6) is 0 Å². The summed E-state index contributed by atoms with van der Waals surface area (Å²) in [4.78, 5) is 4.31. The lowest BCUT2D eigenvalue weighted by atomic mass is 10.1. The Labute approximate surface area is 150 Å². The molecule has 3 aromatic rings. The summed E-state index contributed by atoms with van der Waals surface area (Å²) in [5.74, 6) is 0.176. The van der Waals surface area contributed by atoms with Crippen LogP contribution in [0.2, 0.25) is 0 Å². The number of imidazole rings is 1. The summed E-state index contributed by atoms with van der Waals surface area (Å²) in [5, 5.41) is 20.6. The first-order valence-corrected chi connectivity index (χ1v) is 8.92. The molecule has 25 heavy (non-hydrogen) atoms. The van der Waals surface area contributed by atoms with Gasteiger partial charge in [0, 0.05) is 5.75 Å². The van der Waals surface area contributed by atoms with Crippen LogP contribution in [0, 0.1) is 5.82 Å². The van der Waals surface area contributed by atoms with Crippen LogP contribution in [0.15, 0.2) is 66.0 Å². The molecule has 0 fully saturated rings. The third-order valence-corrected chi connectivity index (χ3v) is 4.96. The second kappa shape index (κ2) is 8.29. The smallest absolute Gasteiger partial charge is 0.168 e. The molecule has 2 aromatic carbocycles. The van der Waals surface area contributed by atoms with Crippen LogP contribution in [0.25, 0.3) is 0 Å². The lowest BCUT2D eigenvalue weighted by molar-refractivity contribution is 0.148. The van der Waals surface area contributed by atoms with Crippen molar-refractivity contribution in [1.29, 1.82) is 0 Å². The molecule has 1 atom stereocenters. The van der Waals surface area contributed by atoms with E-state index in [9.17, 15) is 14.6 Å². The highest BCUT2D eigenvalue weighted by molar-refractivity contribution is 7.98. The van der Waals surface area contributed by atoms with Crippen LogP contribution in [0.1, 0.15) is 22.9 Å². The molecule has 130 valence electrons. The molecule has 0 aliphatic rings. The quantitative estimate of drug-likeness (QED) is 0.634. The van der Waals surface area contributed by atoms with Gasteiger partial charge in [-0.1, -0.05) is 60.3 Å². The van der Waals surface area contributed by atoms with Gasteiger partial charge >= 0.3 is 0 Å². The molecule has 0 saturated heterocycles. The van der Waals surface area contributed by atoms with Crippen LogP contribution in [-0.4, -0.2) is 19.8 Å². The Hall–Kier alpha value is -2.15. The van der Waals surface area contributed by atoms with Gasteiger partial charge in [0.15, 0.2) is 5.16 Å². The molecule has 0 saturated carbocycles. The van der Waals surface area contributed by atoms with Crippen LogP contribution < -0.4 is 0 Å². The maximum absolute atomic E-state index is 13.8. The summed E-state index contributed by atoms with van der Waals surface area (Å²) in [7, 11) is 0. The monoisotopic (exact) mass is 358 g/mol. The molecule has 0 aliphatic heterocycles.